The summed E-state index contributed by atoms with van der Waals surface area (Å²) in [6.07, 6.45) is 0. The normalized spacial score (nSPS) is 12.4. The molecule has 2 aromatic rings. The van der Waals surface area contributed by atoms with Gasteiger partial charge in [-0.2, -0.15) is 0 Å². The van der Waals surface area contributed by atoms with E-state index in [0.717, 1.165) is 12.1 Å². The zero-order valence-electron chi connectivity index (χ0n) is 11.7. The number of halogens is 1. The summed E-state index contributed by atoms with van der Waals surface area (Å²) in [4.78, 5) is 0. The lowest BCUT2D eigenvalue weighted by Gasteiger charge is -2.15. The minimum Gasteiger partial charge on any atom is -0.306 e. The SMILES string of the molecule is Cc1cc(C)cc(CNC(C)c2ccc(F)cc2)c1. The maximum Gasteiger partial charge on any atom is 0.123 e. The molecular weight excluding hydrogens is 237 g/mol. The Labute approximate surface area is 114 Å². The van der Waals surface area contributed by atoms with Gasteiger partial charge in [0, 0.05) is 12.6 Å². The van der Waals surface area contributed by atoms with E-state index in [1.807, 2.05) is 12.1 Å². The standard InChI is InChI=1S/C17H20FN/c1-12-8-13(2)10-15(9-12)11-19-14(3)16-4-6-17(18)7-5-16/h4-10,14,19H,11H2,1-3H3. The van der Waals surface area contributed by atoms with Gasteiger partial charge in [-0.25, -0.2) is 4.39 Å². The summed E-state index contributed by atoms with van der Waals surface area (Å²) in [7, 11) is 0. The Morgan fingerprint density at radius 1 is 1.00 bits per heavy atom. The minimum atomic E-state index is -0.190. The quantitative estimate of drug-likeness (QED) is 0.861. The van der Waals surface area contributed by atoms with E-state index in [1.54, 1.807) is 0 Å². The first-order valence-electron chi connectivity index (χ1n) is 6.60. The van der Waals surface area contributed by atoms with Gasteiger partial charge >= 0.3 is 0 Å². The number of hydrogen-bond donors (Lipinski definition) is 1. The second-order valence-corrected chi connectivity index (χ2v) is 5.15. The summed E-state index contributed by atoms with van der Waals surface area (Å²) in [5.41, 5.74) is 4.95. The Morgan fingerprint density at radius 3 is 2.16 bits per heavy atom. The van der Waals surface area contributed by atoms with Gasteiger partial charge in [-0.3, -0.25) is 0 Å². The van der Waals surface area contributed by atoms with Crippen molar-refractivity contribution in [2.24, 2.45) is 0 Å². The van der Waals surface area contributed by atoms with Crippen LogP contribution in [0.25, 0.3) is 0 Å². The van der Waals surface area contributed by atoms with Gasteiger partial charge in [0.05, 0.1) is 0 Å². The zero-order valence-corrected chi connectivity index (χ0v) is 11.7. The van der Waals surface area contributed by atoms with E-state index in [-0.39, 0.29) is 11.9 Å². The molecule has 1 N–H and O–H groups in total. The van der Waals surface area contributed by atoms with Gasteiger partial charge in [-0.15, -0.1) is 0 Å². The summed E-state index contributed by atoms with van der Waals surface area (Å²) >= 11 is 0. The molecule has 0 heterocycles. The zero-order chi connectivity index (χ0) is 13.8. The van der Waals surface area contributed by atoms with Crippen molar-refractivity contribution in [2.45, 2.75) is 33.4 Å². The Balaban J connectivity index is 1.99. The molecule has 0 fully saturated rings. The Kier molecular flexibility index (Phi) is 4.33. The average molecular weight is 257 g/mol. The second kappa shape index (κ2) is 5.98. The molecule has 0 saturated carbocycles. The molecule has 0 aliphatic heterocycles. The molecule has 0 spiro atoms. The van der Waals surface area contributed by atoms with E-state index in [9.17, 15) is 4.39 Å². The molecule has 100 valence electrons. The Morgan fingerprint density at radius 2 is 1.58 bits per heavy atom. The van der Waals surface area contributed by atoms with Crippen molar-refractivity contribution in [2.75, 3.05) is 0 Å². The fourth-order valence-electron chi connectivity index (χ4n) is 2.31. The first-order chi connectivity index (χ1) is 9.04. The first-order valence-corrected chi connectivity index (χ1v) is 6.60. The highest BCUT2D eigenvalue weighted by Crippen LogP contribution is 2.15. The summed E-state index contributed by atoms with van der Waals surface area (Å²) in [6, 6.07) is 13.4. The van der Waals surface area contributed by atoms with E-state index in [1.165, 1.54) is 28.8 Å². The third-order valence-corrected chi connectivity index (χ3v) is 3.26. The van der Waals surface area contributed by atoms with Gasteiger partial charge in [0.2, 0.25) is 0 Å². The molecule has 0 aromatic heterocycles. The largest absolute Gasteiger partial charge is 0.306 e. The molecule has 0 aliphatic rings. The molecule has 2 heteroatoms. The van der Waals surface area contributed by atoms with Crippen molar-refractivity contribution >= 4 is 0 Å². The fourth-order valence-corrected chi connectivity index (χ4v) is 2.31. The van der Waals surface area contributed by atoms with E-state index < -0.39 is 0 Å². The maximum absolute atomic E-state index is 12.9. The fraction of sp³-hybridized carbons (Fsp3) is 0.294. The van der Waals surface area contributed by atoms with Crippen LogP contribution in [0.3, 0.4) is 0 Å². The maximum atomic E-state index is 12.9. The van der Waals surface area contributed by atoms with Crippen molar-refractivity contribution in [3.05, 3.63) is 70.5 Å². The van der Waals surface area contributed by atoms with E-state index in [0.29, 0.717) is 0 Å². The van der Waals surface area contributed by atoms with Crippen LogP contribution in [-0.4, -0.2) is 0 Å². The van der Waals surface area contributed by atoms with Crippen LogP contribution < -0.4 is 5.32 Å². The van der Waals surface area contributed by atoms with Crippen molar-refractivity contribution in [3.63, 3.8) is 0 Å². The molecular formula is C17H20FN. The lowest BCUT2D eigenvalue weighted by Crippen LogP contribution is -2.18. The molecule has 2 rings (SSSR count). The van der Waals surface area contributed by atoms with E-state index in [2.05, 4.69) is 44.3 Å². The summed E-state index contributed by atoms with van der Waals surface area (Å²) in [5.74, 6) is -0.190. The van der Waals surface area contributed by atoms with Crippen molar-refractivity contribution < 1.29 is 4.39 Å². The second-order valence-electron chi connectivity index (χ2n) is 5.15. The molecule has 0 saturated heterocycles. The number of benzene rings is 2. The third kappa shape index (κ3) is 3.90. The molecule has 0 amide bonds. The minimum absolute atomic E-state index is 0.190. The highest BCUT2D eigenvalue weighted by Gasteiger charge is 2.05. The Bertz CT molecular complexity index is 525. The number of rotatable bonds is 4. The van der Waals surface area contributed by atoms with Gasteiger partial charge in [-0.05, 0) is 44.0 Å². The van der Waals surface area contributed by atoms with Gasteiger partial charge in [-0.1, -0.05) is 41.5 Å². The third-order valence-electron chi connectivity index (χ3n) is 3.26. The molecule has 0 bridgehead atoms. The van der Waals surface area contributed by atoms with E-state index in [4.69, 9.17) is 0 Å². The van der Waals surface area contributed by atoms with Crippen LogP contribution in [-0.2, 0) is 6.54 Å². The van der Waals surface area contributed by atoms with Crippen LogP contribution in [0.5, 0.6) is 0 Å². The van der Waals surface area contributed by atoms with Crippen LogP contribution >= 0.6 is 0 Å². The van der Waals surface area contributed by atoms with Gasteiger partial charge in [0.25, 0.3) is 0 Å². The number of hydrogen-bond acceptors (Lipinski definition) is 1. The number of nitrogens with one attached hydrogen (secondary N) is 1. The van der Waals surface area contributed by atoms with Crippen molar-refractivity contribution in [1.82, 2.24) is 5.32 Å². The van der Waals surface area contributed by atoms with Crippen LogP contribution in [0, 0.1) is 19.7 Å². The molecule has 1 atom stereocenters. The highest BCUT2D eigenvalue weighted by atomic mass is 19.1. The topological polar surface area (TPSA) is 12.0 Å². The number of aryl methyl sites for hydroxylation is 2. The molecule has 19 heavy (non-hydrogen) atoms. The van der Waals surface area contributed by atoms with Crippen molar-refractivity contribution in [1.29, 1.82) is 0 Å². The van der Waals surface area contributed by atoms with Crippen LogP contribution in [0.2, 0.25) is 0 Å². The summed E-state index contributed by atoms with van der Waals surface area (Å²) in [6.45, 7) is 7.14. The van der Waals surface area contributed by atoms with Gasteiger partial charge in [0.15, 0.2) is 0 Å². The monoisotopic (exact) mass is 257 g/mol. The first kappa shape index (κ1) is 13.8. The molecule has 0 aliphatic carbocycles. The van der Waals surface area contributed by atoms with Crippen LogP contribution in [0.1, 0.15) is 35.2 Å². The molecule has 1 nitrogen and oxygen atoms in total. The predicted octanol–water partition coefficient (Wildman–Crippen LogP) is 4.29. The molecule has 0 radical (unpaired) electrons. The van der Waals surface area contributed by atoms with Gasteiger partial charge in [0.1, 0.15) is 5.82 Å². The van der Waals surface area contributed by atoms with E-state index >= 15 is 0 Å². The molecule has 2 aromatic carbocycles. The lowest BCUT2D eigenvalue weighted by molar-refractivity contribution is 0.571. The summed E-state index contributed by atoms with van der Waals surface area (Å²) < 4.78 is 12.9. The molecule has 1 unspecified atom stereocenters. The predicted molar refractivity (Wildman–Crippen MR) is 77.6 cm³/mol. The van der Waals surface area contributed by atoms with Crippen molar-refractivity contribution in [3.8, 4) is 0 Å². The van der Waals surface area contributed by atoms with Crippen LogP contribution in [0.4, 0.5) is 4.39 Å². The smallest absolute Gasteiger partial charge is 0.123 e. The average Bonchev–Trinajstić information content (AvgIpc) is 2.36. The lowest BCUT2D eigenvalue weighted by atomic mass is 10.1. The van der Waals surface area contributed by atoms with Crippen LogP contribution in [0.15, 0.2) is 42.5 Å². The summed E-state index contributed by atoms with van der Waals surface area (Å²) in [5, 5.41) is 3.47. The Hall–Kier alpha value is -1.67. The highest BCUT2D eigenvalue weighted by molar-refractivity contribution is 5.28. The van der Waals surface area contributed by atoms with Gasteiger partial charge < -0.3 is 5.32 Å².